The molecule has 1 fully saturated rings. The number of hydrogen-bond donors (Lipinski definition) is 0. The van der Waals surface area contributed by atoms with Crippen molar-refractivity contribution in [3.63, 3.8) is 0 Å². The van der Waals surface area contributed by atoms with Crippen LogP contribution >= 0.6 is 0 Å². The molecule has 0 unspecified atom stereocenters. The predicted octanol–water partition coefficient (Wildman–Crippen LogP) is 4.85. The molecule has 10 heteroatoms. The van der Waals surface area contributed by atoms with Crippen molar-refractivity contribution in [3.05, 3.63) is 71.8 Å². The minimum atomic E-state index is -3.79. The molecule has 3 aromatic heterocycles. The highest BCUT2D eigenvalue weighted by Crippen LogP contribution is 2.43. The molecule has 6 rings (SSSR count). The molecule has 0 spiro atoms. The van der Waals surface area contributed by atoms with Crippen LogP contribution in [0.3, 0.4) is 0 Å². The molecule has 1 aliphatic heterocycles. The van der Waals surface area contributed by atoms with E-state index in [0.717, 1.165) is 17.9 Å². The lowest BCUT2D eigenvalue weighted by Gasteiger charge is -2.33. The third-order valence-corrected chi connectivity index (χ3v) is 8.45. The van der Waals surface area contributed by atoms with Crippen molar-refractivity contribution in [3.8, 4) is 11.3 Å². The van der Waals surface area contributed by atoms with Gasteiger partial charge in [0, 0.05) is 42.4 Å². The lowest BCUT2D eigenvalue weighted by atomic mass is 9.86. The maximum atomic E-state index is 15.7. The fraction of sp³-hybridized carbons (Fsp3) is 0.321. The Morgan fingerprint density at radius 1 is 1.16 bits per heavy atom. The average Bonchev–Trinajstić information content (AvgIpc) is 3.48. The number of aromatic nitrogens is 5. The first-order valence-corrected chi connectivity index (χ1v) is 14.2. The van der Waals surface area contributed by atoms with E-state index in [1.807, 2.05) is 34.9 Å². The summed E-state index contributed by atoms with van der Waals surface area (Å²) in [6.45, 7) is -1.44. The third kappa shape index (κ3) is 3.99. The Morgan fingerprint density at radius 2 is 1.92 bits per heavy atom. The molecular formula is C28H28FN5O3S. The van der Waals surface area contributed by atoms with Crippen molar-refractivity contribution in [1.82, 2.24) is 24.5 Å². The van der Waals surface area contributed by atoms with Crippen LogP contribution < -0.4 is 0 Å². The summed E-state index contributed by atoms with van der Waals surface area (Å²) in [7, 11) is -2.20. The highest BCUT2D eigenvalue weighted by molar-refractivity contribution is 7.91. The zero-order valence-electron chi connectivity index (χ0n) is 23.9. The second-order valence-corrected chi connectivity index (χ2v) is 11.7. The second-order valence-electron chi connectivity index (χ2n) is 9.72. The first-order chi connectivity index (χ1) is 19.5. The summed E-state index contributed by atoms with van der Waals surface area (Å²) in [6.07, 6.45) is 3.99. The number of fused-ring (bicyclic) bond motifs is 3. The highest BCUT2D eigenvalue weighted by atomic mass is 32.2. The lowest BCUT2D eigenvalue weighted by molar-refractivity contribution is 0.0552. The predicted molar refractivity (Wildman–Crippen MR) is 143 cm³/mol. The minimum absolute atomic E-state index is 0.00757. The molecule has 2 aromatic carbocycles. The Balaban J connectivity index is 1.77. The monoisotopic (exact) mass is 536 g/mol. The minimum Gasteiger partial charge on any atom is -0.381 e. The van der Waals surface area contributed by atoms with Gasteiger partial charge in [-0.2, -0.15) is 0 Å². The molecule has 0 amide bonds. The van der Waals surface area contributed by atoms with Gasteiger partial charge in [-0.1, -0.05) is 35.5 Å². The number of aryl methyl sites for hydroxylation is 2. The zero-order valence-corrected chi connectivity index (χ0v) is 21.7. The average molecular weight is 537 g/mol. The summed E-state index contributed by atoms with van der Waals surface area (Å²) in [5, 5.41) is 7.93. The molecule has 8 nitrogen and oxygen atoms in total. The van der Waals surface area contributed by atoms with Crippen LogP contribution in [0, 0.1) is 18.6 Å². The number of pyridine rings is 1. The number of benzene rings is 2. The van der Waals surface area contributed by atoms with Crippen molar-refractivity contribution in [1.29, 1.82) is 0 Å². The molecule has 38 heavy (non-hydrogen) atoms. The summed E-state index contributed by atoms with van der Waals surface area (Å²) < 4.78 is 74.8. The van der Waals surface area contributed by atoms with Crippen LogP contribution in [-0.4, -0.2) is 52.4 Å². The zero-order chi connectivity index (χ0) is 29.1. The van der Waals surface area contributed by atoms with E-state index in [9.17, 15) is 8.42 Å². The second kappa shape index (κ2) is 9.28. The number of hydrogen-bond acceptors (Lipinski definition) is 6. The van der Waals surface area contributed by atoms with Gasteiger partial charge in [-0.05, 0) is 49.4 Å². The van der Waals surface area contributed by atoms with Gasteiger partial charge in [0.1, 0.15) is 5.82 Å². The molecule has 5 aromatic rings. The number of halogens is 1. The molecule has 1 aliphatic rings. The van der Waals surface area contributed by atoms with Gasteiger partial charge in [-0.25, -0.2) is 17.5 Å². The topological polar surface area (TPSA) is 91.9 Å². The van der Waals surface area contributed by atoms with E-state index in [2.05, 4.69) is 15.3 Å². The maximum absolute atomic E-state index is 15.7. The number of ether oxygens (including phenoxy) is 1. The Hall–Kier alpha value is -3.63. The van der Waals surface area contributed by atoms with Crippen LogP contribution in [0.2, 0.25) is 0 Å². The van der Waals surface area contributed by atoms with Crippen molar-refractivity contribution < 1.29 is 21.7 Å². The van der Waals surface area contributed by atoms with Crippen LogP contribution in [0.4, 0.5) is 4.39 Å². The van der Waals surface area contributed by atoms with Gasteiger partial charge < -0.3 is 9.30 Å². The van der Waals surface area contributed by atoms with Gasteiger partial charge >= 0.3 is 0 Å². The van der Waals surface area contributed by atoms with Gasteiger partial charge in [0.25, 0.3) is 0 Å². The van der Waals surface area contributed by atoms with Gasteiger partial charge in [0.15, 0.2) is 9.84 Å². The quantitative estimate of drug-likeness (QED) is 0.298. The van der Waals surface area contributed by atoms with E-state index in [1.54, 1.807) is 13.1 Å². The Bertz CT molecular complexity index is 1880. The Labute approximate surface area is 224 Å². The van der Waals surface area contributed by atoms with Crippen LogP contribution in [0.25, 0.3) is 33.2 Å². The van der Waals surface area contributed by atoms with Crippen LogP contribution in [-0.2, 0) is 21.6 Å². The summed E-state index contributed by atoms with van der Waals surface area (Å²) in [4.78, 5) is 4.61. The van der Waals surface area contributed by atoms with E-state index in [-0.39, 0.29) is 44.7 Å². The van der Waals surface area contributed by atoms with Crippen LogP contribution in [0.1, 0.15) is 34.3 Å². The summed E-state index contributed by atoms with van der Waals surface area (Å²) in [6, 6.07) is 13.5. The maximum Gasteiger partial charge on any atom is 0.177 e. The molecule has 196 valence electrons. The molecule has 0 saturated carbocycles. The van der Waals surface area contributed by atoms with E-state index < -0.39 is 22.5 Å². The first kappa shape index (κ1) is 21.3. The lowest BCUT2D eigenvalue weighted by Crippen LogP contribution is -2.27. The SMILES string of the molecule is [2H]C([2H])([2H])c1nnn(C)c1-c1cnc2c3c(F)ccc(S(C)(=O)=O)c3n([C@H](c3ccccc3)C3CCOCC3)c2c1. The number of sulfone groups is 1. The smallest absolute Gasteiger partial charge is 0.177 e. The van der Waals surface area contributed by atoms with Crippen molar-refractivity contribution >= 4 is 31.8 Å². The Kier molecular flexibility index (Phi) is 5.21. The molecule has 0 radical (unpaired) electrons. The first-order valence-electron chi connectivity index (χ1n) is 13.8. The normalized spacial score (nSPS) is 17.4. The molecule has 1 saturated heterocycles. The van der Waals surface area contributed by atoms with E-state index in [1.165, 1.54) is 16.9 Å². The number of rotatable bonds is 5. The van der Waals surface area contributed by atoms with Gasteiger partial charge in [0.05, 0.1) is 44.3 Å². The van der Waals surface area contributed by atoms with Crippen LogP contribution in [0.5, 0.6) is 0 Å². The largest absolute Gasteiger partial charge is 0.381 e. The van der Waals surface area contributed by atoms with Gasteiger partial charge in [-0.15, -0.1) is 5.10 Å². The van der Waals surface area contributed by atoms with E-state index >= 15 is 4.39 Å². The Morgan fingerprint density at radius 3 is 2.63 bits per heavy atom. The van der Waals surface area contributed by atoms with Crippen LogP contribution in [0.15, 0.2) is 59.6 Å². The molecular weight excluding hydrogens is 505 g/mol. The standard InChI is InChI=1S/C28H28FN5O3S/c1-17-26(33(2)32-31-17)20-15-22-25(30-16-20)24-21(29)9-10-23(38(3,35)36)28(24)34(22)27(18-7-5-4-6-8-18)19-11-13-37-14-12-19/h4-10,15-16,19,27H,11-14H2,1-3H3/t27-/m1/s1/i1D3. The molecule has 0 N–H and O–H groups in total. The molecule has 0 aliphatic carbocycles. The summed E-state index contributed by atoms with van der Waals surface area (Å²) in [5.41, 5.74) is 2.40. The van der Waals surface area contributed by atoms with E-state index in [4.69, 9.17) is 8.85 Å². The third-order valence-electron chi connectivity index (χ3n) is 7.33. The highest BCUT2D eigenvalue weighted by Gasteiger charge is 2.33. The van der Waals surface area contributed by atoms with Crippen molar-refractivity contribution in [2.75, 3.05) is 19.5 Å². The van der Waals surface area contributed by atoms with Gasteiger partial charge in [-0.3, -0.25) is 4.98 Å². The van der Waals surface area contributed by atoms with Gasteiger partial charge in [0.2, 0.25) is 0 Å². The molecule has 4 heterocycles. The van der Waals surface area contributed by atoms with Crippen molar-refractivity contribution in [2.24, 2.45) is 13.0 Å². The fourth-order valence-electron chi connectivity index (χ4n) is 5.67. The number of nitrogens with zero attached hydrogens (tertiary/aromatic N) is 5. The fourth-order valence-corrected chi connectivity index (χ4v) is 6.54. The van der Waals surface area contributed by atoms with Crippen molar-refractivity contribution in [2.45, 2.75) is 30.6 Å². The molecule has 1 atom stereocenters. The summed E-state index contributed by atoms with van der Waals surface area (Å²) >= 11 is 0. The molecule has 0 bridgehead atoms. The van der Waals surface area contributed by atoms with E-state index in [0.29, 0.717) is 37.1 Å². The summed E-state index contributed by atoms with van der Waals surface area (Å²) in [5.74, 6) is -0.554.